The Labute approximate surface area is 129 Å². The van der Waals surface area contributed by atoms with Crippen LogP contribution in [0.15, 0.2) is 36.4 Å². The largest absolute Gasteiger partial charge is 0.497 e. The lowest BCUT2D eigenvalue weighted by Gasteiger charge is -2.28. The standard InChI is InChI=1S/C17H18ClNO2/c1-11-4-3-5-14(18)17(11)19-15-8-9-21-16-7-6-12(20-2)10-13(15)16/h3-7,10,15,19H,8-9H2,1-2H3. The van der Waals surface area contributed by atoms with Crippen LogP contribution in [-0.4, -0.2) is 13.7 Å². The predicted octanol–water partition coefficient (Wildman–Crippen LogP) is 4.59. The molecule has 110 valence electrons. The van der Waals surface area contributed by atoms with E-state index in [0.717, 1.165) is 39.8 Å². The second-order valence-corrected chi connectivity index (χ2v) is 5.58. The number of aryl methyl sites for hydroxylation is 1. The highest BCUT2D eigenvalue weighted by Gasteiger charge is 2.23. The van der Waals surface area contributed by atoms with E-state index in [1.54, 1.807) is 7.11 Å². The van der Waals surface area contributed by atoms with Crippen LogP contribution < -0.4 is 14.8 Å². The van der Waals surface area contributed by atoms with Crippen molar-refractivity contribution >= 4 is 17.3 Å². The average Bonchev–Trinajstić information content (AvgIpc) is 2.50. The molecule has 2 aromatic rings. The molecule has 4 heteroatoms. The fraction of sp³-hybridized carbons (Fsp3) is 0.294. The normalized spacial score (nSPS) is 16.8. The van der Waals surface area contributed by atoms with Crippen LogP contribution in [0.1, 0.15) is 23.6 Å². The molecule has 0 aromatic heterocycles. The number of hydrogen-bond acceptors (Lipinski definition) is 3. The van der Waals surface area contributed by atoms with Gasteiger partial charge in [-0.2, -0.15) is 0 Å². The zero-order valence-electron chi connectivity index (χ0n) is 12.2. The highest BCUT2D eigenvalue weighted by atomic mass is 35.5. The zero-order chi connectivity index (χ0) is 14.8. The summed E-state index contributed by atoms with van der Waals surface area (Å²) >= 11 is 6.32. The maximum atomic E-state index is 6.32. The summed E-state index contributed by atoms with van der Waals surface area (Å²) < 4.78 is 11.0. The number of hydrogen-bond donors (Lipinski definition) is 1. The third-order valence-electron chi connectivity index (χ3n) is 3.80. The number of halogens is 1. The Balaban J connectivity index is 1.95. The first-order valence-electron chi connectivity index (χ1n) is 7.01. The van der Waals surface area contributed by atoms with Gasteiger partial charge in [-0.25, -0.2) is 0 Å². The molecule has 1 heterocycles. The Kier molecular flexibility index (Phi) is 3.93. The summed E-state index contributed by atoms with van der Waals surface area (Å²) in [4.78, 5) is 0. The van der Waals surface area contributed by atoms with Crippen LogP contribution in [0.2, 0.25) is 5.02 Å². The quantitative estimate of drug-likeness (QED) is 0.899. The number of benzene rings is 2. The van der Waals surface area contributed by atoms with Crippen LogP contribution in [0, 0.1) is 6.92 Å². The van der Waals surface area contributed by atoms with Crippen LogP contribution in [0.5, 0.6) is 11.5 Å². The van der Waals surface area contributed by atoms with Crippen molar-refractivity contribution in [3.05, 3.63) is 52.5 Å². The molecule has 1 N–H and O–H groups in total. The van der Waals surface area contributed by atoms with Crippen LogP contribution in [0.4, 0.5) is 5.69 Å². The highest BCUT2D eigenvalue weighted by molar-refractivity contribution is 6.33. The molecule has 0 saturated heterocycles. The number of anilines is 1. The Hall–Kier alpha value is -1.87. The van der Waals surface area contributed by atoms with Gasteiger partial charge in [0.1, 0.15) is 11.5 Å². The van der Waals surface area contributed by atoms with Crippen molar-refractivity contribution in [2.24, 2.45) is 0 Å². The molecule has 0 fully saturated rings. The van der Waals surface area contributed by atoms with Crippen LogP contribution in [0.3, 0.4) is 0 Å². The molecule has 1 unspecified atom stereocenters. The van der Waals surface area contributed by atoms with Crippen molar-refractivity contribution in [3.63, 3.8) is 0 Å². The molecule has 0 saturated carbocycles. The monoisotopic (exact) mass is 303 g/mol. The van der Waals surface area contributed by atoms with Crippen molar-refractivity contribution in [2.75, 3.05) is 19.0 Å². The van der Waals surface area contributed by atoms with Crippen LogP contribution >= 0.6 is 11.6 Å². The fourth-order valence-electron chi connectivity index (χ4n) is 2.64. The number of rotatable bonds is 3. The summed E-state index contributed by atoms with van der Waals surface area (Å²) in [6, 6.07) is 12.0. The third-order valence-corrected chi connectivity index (χ3v) is 4.11. The lowest BCUT2D eigenvalue weighted by molar-refractivity contribution is 0.273. The molecular formula is C17H18ClNO2. The van der Waals surface area contributed by atoms with Crippen molar-refractivity contribution in [1.82, 2.24) is 0 Å². The zero-order valence-corrected chi connectivity index (χ0v) is 12.9. The Morgan fingerprint density at radius 3 is 2.90 bits per heavy atom. The van der Waals surface area contributed by atoms with E-state index in [4.69, 9.17) is 21.1 Å². The summed E-state index contributed by atoms with van der Waals surface area (Å²) in [7, 11) is 1.67. The number of fused-ring (bicyclic) bond motifs is 1. The van der Waals surface area contributed by atoms with E-state index in [9.17, 15) is 0 Å². The molecule has 3 nitrogen and oxygen atoms in total. The molecule has 0 amide bonds. The Morgan fingerprint density at radius 2 is 2.14 bits per heavy atom. The molecule has 2 aromatic carbocycles. The molecular weight excluding hydrogens is 286 g/mol. The first-order valence-corrected chi connectivity index (χ1v) is 7.39. The molecule has 21 heavy (non-hydrogen) atoms. The van der Waals surface area contributed by atoms with Gasteiger partial charge in [-0.1, -0.05) is 23.7 Å². The van der Waals surface area contributed by atoms with Gasteiger partial charge < -0.3 is 14.8 Å². The van der Waals surface area contributed by atoms with Gasteiger partial charge >= 0.3 is 0 Å². The van der Waals surface area contributed by atoms with Gasteiger partial charge in [-0.05, 0) is 36.8 Å². The van der Waals surface area contributed by atoms with Gasteiger partial charge in [-0.3, -0.25) is 0 Å². The predicted molar refractivity (Wildman–Crippen MR) is 85.7 cm³/mol. The van der Waals surface area contributed by atoms with E-state index in [1.165, 1.54) is 0 Å². The average molecular weight is 304 g/mol. The maximum absolute atomic E-state index is 6.32. The minimum absolute atomic E-state index is 0.169. The van der Waals surface area contributed by atoms with E-state index >= 15 is 0 Å². The topological polar surface area (TPSA) is 30.5 Å². The van der Waals surface area contributed by atoms with E-state index in [0.29, 0.717) is 6.61 Å². The maximum Gasteiger partial charge on any atom is 0.124 e. The highest BCUT2D eigenvalue weighted by Crippen LogP contribution is 2.38. The van der Waals surface area contributed by atoms with Gasteiger partial charge in [0.2, 0.25) is 0 Å². The Bertz CT molecular complexity index is 637. The summed E-state index contributed by atoms with van der Waals surface area (Å²) in [6.07, 6.45) is 0.894. The summed E-state index contributed by atoms with van der Waals surface area (Å²) in [5.74, 6) is 1.74. The first kappa shape index (κ1) is 14.1. The first-order chi connectivity index (χ1) is 10.2. The minimum Gasteiger partial charge on any atom is -0.497 e. The van der Waals surface area contributed by atoms with Crippen LogP contribution in [0.25, 0.3) is 0 Å². The summed E-state index contributed by atoms with van der Waals surface area (Å²) in [6.45, 7) is 2.75. The van der Waals surface area contributed by atoms with Crippen molar-refractivity contribution in [3.8, 4) is 11.5 Å². The molecule has 1 atom stereocenters. The molecule has 0 spiro atoms. The molecule has 3 rings (SSSR count). The Morgan fingerprint density at radius 1 is 1.29 bits per heavy atom. The van der Waals surface area contributed by atoms with Gasteiger partial charge in [-0.15, -0.1) is 0 Å². The number of para-hydroxylation sites is 1. The van der Waals surface area contributed by atoms with E-state index < -0.39 is 0 Å². The summed E-state index contributed by atoms with van der Waals surface area (Å²) in [5.41, 5.74) is 3.23. The molecule has 0 radical (unpaired) electrons. The van der Waals surface area contributed by atoms with Gasteiger partial charge in [0.05, 0.1) is 30.5 Å². The lowest BCUT2D eigenvalue weighted by Crippen LogP contribution is -2.21. The van der Waals surface area contributed by atoms with Gasteiger partial charge in [0.15, 0.2) is 0 Å². The van der Waals surface area contributed by atoms with Crippen molar-refractivity contribution in [2.45, 2.75) is 19.4 Å². The number of methoxy groups -OCH3 is 1. The molecule has 0 aliphatic carbocycles. The smallest absolute Gasteiger partial charge is 0.124 e. The molecule has 0 bridgehead atoms. The third kappa shape index (κ3) is 2.79. The van der Waals surface area contributed by atoms with Crippen molar-refractivity contribution < 1.29 is 9.47 Å². The SMILES string of the molecule is COc1ccc2c(c1)C(Nc1c(C)cccc1Cl)CCO2. The molecule has 1 aliphatic rings. The van der Waals surface area contributed by atoms with E-state index in [2.05, 4.69) is 18.3 Å². The lowest BCUT2D eigenvalue weighted by atomic mass is 9.99. The van der Waals surface area contributed by atoms with E-state index in [1.807, 2.05) is 30.3 Å². The minimum atomic E-state index is 0.169. The molecule has 1 aliphatic heterocycles. The second kappa shape index (κ2) is 5.86. The number of nitrogens with one attached hydrogen (secondary N) is 1. The summed E-state index contributed by atoms with van der Waals surface area (Å²) in [5, 5.41) is 4.30. The fourth-order valence-corrected chi connectivity index (χ4v) is 2.91. The second-order valence-electron chi connectivity index (χ2n) is 5.17. The van der Waals surface area contributed by atoms with Gasteiger partial charge in [0.25, 0.3) is 0 Å². The van der Waals surface area contributed by atoms with Crippen LogP contribution in [-0.2, 0) is 0 Å². The van der Waals surface area contributed by atoms with Crippen molar-refractivity contribution in [1.29, 1.82) is 0 Å². The van der Waals surface area contributed by atoms with Gasteiger partial charge in [0, 0.05) is 12.0 Å². The van der Waals surface area contributed by atoms with E-state index in [-0.39, 0.29) is 6.04 Å². The number of ether oxygens (including phenoxy) is 2.